The van der Waals surface area contributed by atoms with Crippen LogP contribution in [0.3, 0.4) is 0 Å². The number of thiazole rings is 1. The zero-order valence-corrected chi connectivity index (χ0v) is 21.9. The Morgan fingerprint density at radius 3 is 2.16 bits per heavy atom. The molecule has 6 nitrogen and oxygen atoms in total. The maximum atomic E-state index is 13.4. The second-order valence-corrected chi connectivity index (χ2v) is 11.8. The highest BCUT2D eigenvalue weighted by Crippen LogP contribution is 2.53. The third-order valence-electron chi connectivity index (χ3n) is 7.42. The lowest BCUT2D eigenvalue weighted by Crippen LogP contribution is -2.32. The minimum atomic E-state index is -0.577. The second kappa shape index (κ2) is 9.15. The third kappa shape index (κ3) is 3.75. The fourth-order valence-electron chi connectivity index (χ4n) is 5.71. The molecule has 2 amide bonds. The Kier molecular flexibility index (Phi) is 5.60. The van der Waals surface area contributed by atoms with E-state index < -0.39 is 11.2 Å². The van der Waals surface area contributed by atoms with Crippen LogP contribution in [0.5, 0.6) is 0 Å². The highest BCUT2D eigenvalue weighted by Gasteiger charge is 2.53. The second-order valence-electron chi connectivity index (χ2n) is 9.72. The van der Waals surface area contributed by atoms with Crippen molar-refractivity contribution in [3.05, 3.63) is 122 Å². The van der Waals surface area contributed by atoms with Crippen LogP contribution < -0.4 is 10.2 Å². The fraction of sp³-hybridized carbons (Fsp3) is 0.167. The summed E-state index contributed by atoms with van der Waals surface area (Å²) in [5.74, 6) is -1.50. The van der Waals surface area contributed by atoms with E-state index in [9.17, 15) is 14.4 Å². The molecule has 3 aromatic carbocycles. The maximum Gasteiger partial charge on any atom is 0.308 e. The van der Waals surface area contributed by atoms with Gasteiger partial charge in [0.1, 0.15) is 5.25 Å². The van der Waals surface area contributed by atoms with Crippen molar-refractivity contribution in [2.24, 2.45) is 5.92 Å². The molecule has 38 heavy (non-hydrogen) atoms. The number of nitrogens with zero attached hydrogens (tertiary/aromatic N) is 2. The van der Waals surface area contributed by atoms with Gasteiger partial charge in [-0.3, -0.25) is 24.3 Å². The van der Waals surface area contributed by atoms with Crippen LogP contribution in [-0.4, -0.2) is 26.2 Å². The van der Waals surface area contributed by atoms with Gasteiger partial charge >= 0.3 is 4.87 Å². The molecular formula is C30H23N3O3S2. The number of amides is 2. The Morgan fingerprint density at radius 2 is 1.42 bits per heavy atom. The first-order valence-electron chi connectivity index (χ1n) is 12.5. The lowest BCUT2D eigenvalue weighted by Gasteiger charge is -2.30. The average molecular weight is 538 g/mol. The number of benzene rings is 3. The first-order chi connectivity index (χ1) is 18.6. The van der Waals surface area contributed by atoms with Gasteiger partial charge < -0.3 is 4.57 Å². The van der Waals surface area contributed by atoms with Crippen LogP contribution in [0.2, 0.25) is 0 Å². The van der Waals surface area contributed by atoms with E-state index in [1.165, 1.54) is 28.7 Å². The van der Waals surface area contributed by atoms with E-state index in [4.69, 9.17) is 0 Å². The Hall–Kier alpha value is -3.88. The molecule has 1 fully saturated rings. The summed E-state index contributed by atoms with van der Waals surface area (Å²) in [6.07, 6.45) is 2.11. The monoisotopic (exact) mass is 537 g/mol. The maximum absolute atomic E-state index is 13.4. The highest BCUT2D eigenvalue weighted by molar-refractivity contribution is 8.00. The number of thioether (sulfide) groups is 1. The van der Waals surface area contributed by atoms with Crippen LogP contribution in [0.25, 0.3) is 10.9 Å². The van der Waals surface area contributed by atoms with Crippen molar-refractivity contribution in [2.45, 2.75) is 29.3 Å². The number of hydrogen-bond acceptors (Lipinski definition) is 5. The number of hydrogen-bond donors (Lipinski definition) is 1. The lowest BCUT2D eigenvalue weighted by molar-refractivity contribution is -0.125. The molecule has 2 aliphatic heterocycles. The Balaban J connectivity index is 1.41. The summed E-state index contributed by atoms with van der Waals surface area (Å²) >= 11 is 2.55. The normalized spacial score (nSPS) is 20.4. The molecule has 2 aliphatic rings. The van der Waals surface area contributed by atoms with Gasteiger partial charge in [0.15, 0.2) is 0 Å². The van der Waals surface area contributed by atoms with E-state index in [2.05, 4.69) is 40.3 Å². The molecule has 7 rings (SSSR count). The number of nitrogens with one attached hydrogen (secondary N) is 1. The van der Waals surface area contributed by atoms with Crippen molar-refractivity contribution in [1.29, 1.82) is 0 Å². The zero-order valence-electron chi connectivity index (χ0n) is 20.2. The molecule has 2 aromatic heterocycles. The first-order valence-corrected chi connectivity index (χ1v) is 14.2. The topological polar surface area (TPSA) is 73.1 Å². The summed E-state index contributed by atoms with van der Waals surface area (Å²) in [7, 11) is 0. The summed E-state index contributed by atoms with van der Waals surface area (Å²) in [5, 5.41) is 3.82. The van der Waals surface area contributed by atoms with Gasteiger partial charge in [0.25, 0.3) is 0 Å². The Bertz CT molecular complexity index is 1750. The van der Waals surface area contributed by atoms with Gasteiger partial charge in [-0.05, 0) is 22.8 Å². The van der Waals surface area contributed by atoms with Crippen molar-refractivity contribution in [3.63, 3.8) is 0 Å². The average Bonchev–Trinajstić information content (AvgIpc) is 3.55. The van der Waals surface area contributed by atoms with E-state index in [0.29, 0.717) is 13.1 Å². The summed E-state index contributed by atoms with van der Waals surface area (Å²) < 4.78 is 3.97. The number of aromatic nitrogens is 2. The molecule has 4 heterocycles. The van der Waals surface area contributed by atoms with Crippen molar-refractivity contribution in [1.82, 2.24) is 14.5 Å². The van der Waals surface area contributed by atoms with Gasteiger partial charge in [0, 0.05) is 34.4 Å². The molecule has 0 unspecified atom stereocenters. The molecule has 1 saturated heterocycles. The molecule has 3 atom stereocenters. The molecule has 0 saturated carbocycles. The van der Waals surface area contributed by atoms with Crippen LogP contribution in [-0.2, 0) is 22.7 Å². The molecule has 0 spiro atoms. The zero-order chi connectivity index (χ0) is 25.8. The van der Waals surface area contributed by atoms with E-state index in [1.807, 2.05) is 60.7 Å². The van der Waals surface area contributed by atoms with E-state index in [0.717, 1.165) is 31.9 Å². The van der Waals surface area contributed by atoms with E-state index in [1.54, 1.807) is 4.57 Å². The van der Waals surface area contributed by atoms with Gasteiger partial charge in [-0.1, -0.05) is 102 Å². The van der Waals surface area contributed by atoms with Crippen LogP contribution in [0.1, 0.15) is 27.5 Å². The fourth-order valence-corrected chi connectivity index (χ4v) is 8.44. The summed E-state index contributed by atoms with van der Waals surface area (Å²) in [4.78, 5) is 40.3. The van der Waals surface area contributed by atoms with Gasteiger partial charge in [0.05, 0.1) is 17.5 Å². The lowest BCUT2D eigenvalue weighted by atomic mass is 9.83. The van der Waals surface area contributed by atoms with Gasteiger partial charge in [-0.25, -0.2) is 0 Å². The minimum absolute atomic E-state index is 0.0720. The number of fused-ring (bicyclic) bond motifs is 3. The smallest absolute Gasteiger partial charge is 0.308 e. The Labute approximate surface area is 226 Å². The quantitative estimate of drug-likeness (QED) is 0.326. The van der Waals surface area contributed by atoms with Crippen LogP contribution in [0.4, 0.5) is 0 Å². The predicted molar refractivity (Wildman–Crippen MR) is 150 cm³/mol. The van der Waals surface area contributed by atoms with Crippen LogP contribution in [0.15, 0.2) is 101 Å². The van der Waals surface area contributed by atoms with Gasteiger partial charge in [-0.15, -0.1) is 0 Å². The SMILES string of the molecule is O=C1NC(=O)[C@@H]2Sc3c(sc(=O)n3Cc3ccccc3)[C@H](c3cn(Cc4ccccc4)c4ccccc34)[C@@H]12. The molecule has 188 valence electrons. The van der Waals surface area contributed by atoms with E-state index in [-0.39, 0.29) is 22.6 Å². The van der Waals surface area contributed by atoms with Crippen molar-refractivity contribution >= 4 is 45.8 Å². The summed E-state index contributed by atoms with van der Waals surface area (Å²) in [5.41, 5.74) is 4.22. The third-order valence-corrected chi connectivity index (χ3v) is 10.0. The molecule has 1 N–H and O–H groups in total. The molecule has 0 bridgehead atoms. The standard InChI is InChI=1S/C30H23N3O3S2/c34-27-24-23(21-17-32(15-18-9-3-1-4-10-18)22-14-8-7-13-20(21)22)26-29(37-25(24)28(35)31-27)33(30(36)38-26)16-19-11-5-2-6-12-19/h1-14,17,23-25H,15-16H2,(H,31,34,35)/t23-,24-,25-/m1/s1. The predicted octanol–water partition coefficient (Wildman–Crippen LogP) is 4.84. The minimum Gasteiger partial charge on any atom is -0.343 e. The number of para-hydroxylation sites is 1. The number of carbonyl (C=O) groups is 2. The molecular weight excluding hydrogens is 514 g/mol. The van der Waals surface area contributed by atoms with Crippen molar-refractivity contribution < 1.29 is 9.59 Å². The molecule has 0 radical (unpaired) electrons. The van der Waals surface area contributed by atoms with Crippen LogP contribution >= 0.6 is 23.1 Å². The van der Waals surface area contributed by atoms with Crippen LogP contribution in [0, 0.1) is 5.92 Å². The Morgan fingerprint density at radius 1 is 0.763 bits per heavy atom. The number of rotatable bonds is 5. The van der Waals surface area contributed by atoms with Gasteiger partial charge in [0.2, 0.25) is 11.8 Å². The van der Waals surface area contributed by atoms with Gasteiger partial charge in [-0.2, -0.15) is 0 Å². The number of carbonyl (C=O) groups excluding carboxylic acids is 2. The summed E-state index contributed by atoms with van der Waals surface area (Å²) in [6, 6.07) is 28.3. The van der Waals surface area contributed by atoms with E-state index >= 15 is 0 Å². The summed E-state index contributed by atoms with van der Waals surface area (Å²) in [6.45, 7) is 1.11. The van der Waals surface area contributed by atoms with Crippen molar-refractivity contribution in [2.75, 3.05) is 0 Å². The largest absolute Gasteiger partial charge is 0.343 e. The molecule has 5 aromatic rings. The molecule has 0 aliphatic carbocycles. The molecule has 8 heteroatoms. The first kappa shape index (κ1) is 23.3. The highest BCUT2D eigenvalue weighted by atomic mass is 32.2. The number of imide groups is 1. The van der Waals surface area contributed by atoms with Crippen molar-refractivity contribution in [3.8, 4) is 0 Å².